The van der Waals surface area contributed by atoms with Crippen LogP contribution in [-0.4, -0.2) is 57.6 Å². The molecule has 2 aliphatic rings. The summed E-state index contributed by atoms with van der Waals surface area (Å²) in [5, 5.41) is 8.58. The van der Waals surface area contributed by atoms with Crippen LogP contribution in [0.3, 0.4) is 0 Å². The van der Waals surface area contributed by atoms with Crippen molar-refractivity contribution in [3.8, 4) is 5.75 Å². The van der Waals surface area contributed by atoms with E-state index < -0.39 is 17.1 Å². The third kappa shape index (κ3) is 6.36. The molecule has 2 aromatic carbocycles. The molecule has 0 saturated carbocycles. The lowest BCUT2D eigenvalue weighted by atomic mass is 10.1. The zero-order valence-electron chi connectivity index (χ0n) is 19.4. The maximum atomic E-state index is 13.0. The summed E-state index contributed by atoms with van der Waals surface area (Å²) in [7, 11) is 0. The number of carbonyl (C=O) groups excluding carboxylic acids is 3. The standard InChI is InChI=1S/C26H25BrN2O6S/c27-20-9-10-21(35-16-17-5-7-18(8-6-17)25(32)33)19(13-20)14-22-24(31)29(26(34)36-22)15-23(30)28-11-3-1-2-4-12-28/h5-10,13-14H,1-4,11-12,15-16H2,(H,32,33). The Bertz CT molecular complexity index is 1210. The molecule has 0 aromatic heterocycles. The number of thioether (sulfide) groups is 1. The van der Waals surface area contributed by atoms with Gasteiger partial charge >= 0.3 is 5.97 Å². The number of hydrogen-bond acceptors (Lipinski definition) is 6. The maximum Gasteiger partial charge on any atom is 0.335 e. The van der Waals surface area contributed by atoms with Crippen molar-refractivity contribution in [3.05, 3.63) is 68.5 Å². The van der Waals surface area contributed by atoms with Gasteiger partial charge < -0.3 is 14.7 Å². The molecule has 0 aliphatic carbocycles. The molecule has 0 atom stereocenters. The van der Waals surface area contributed by atoms with E-state index in [1.807, 2.05) is 0 Å². The van der Waals surface area contributed by atoms with Gasteiger partial charge in [0.2, 0.25) is 5.91 Å². The van der Waals surface area contributed by atoms with Crippen LogP contribution in [0.25, 0.3) is 6.08 Å². The molecule has 1 N–H and O–H groups in total. The van der Waals surface area contributed by atoms with E-state index >= 15 is 0 Å². The highest BCUT2D eigenvalue weighted by molar-refractivity contribution is 9.10. The van der Waals surface area contributed by atoms with Crippen molar-refractivity contribution >= 4 is 56.8 Å². The first kappa shape index (κ1) is 26.0. The molecule has 0 spiro atoms. The first-order valence-corrected chi connectivity index (χ1v) is 13.2. The molecule has 10 heteroatoms. The number of ether oxygens (including phenoxy) is 1. The number of hydrogen-bond donors (Lipinski definition) is 1. The Kier molecular flexibility index (Phi) is 8.48. The van der Waals surface area contributed by atoms with Crippen LogP contribution in [0.1, 0.15) is 47.2 Å². The van der Waals surface area contributed by atoms with Crippen LogP contribution in [0.15, 0.2) is 51.8 Å². The van der Waals surface area contributed by atoms with Crippen molar-refractivity contribution in [2.24, 2.45) is 0 Å². The van der Waals surface area contributed by atoms with Crippen LogP contribution >= 0.6 is 27.7 Å². The zero-order chi connectivity index (χ0) is 25.7. The second kappa shape index (κ2) is 11.7. The summed E-state index contributed by atoms with van der Waals surface area (Å²) >= 11 is 4.23. The number of imide groups is 1. The van der Waals surface area contributed by atoms with Crippen molar-refractivity contribution in [2.45, 2.75) is 32.3 Å². The van der Waals surface area contributed by atoms with Gasteiger partial charge in [0.15, 0.2) is 0 Å². The van der Waals surface area contributed by atoms with Crippen LogP contribution in [-0.2, 0) is 16.2 Å². The number of rotatable bonds is 7. The average molecular weight is 573 g/mol. The van der Waals surface area contributed by atoms with E-state index in [9.17, 15) is 19.2 Å². The third-order valence-corrected chi connectivity index (χ3v) is 7.38. The molecule has 2 aliphatic heterocycles. The molecule has 2 fully saturated rings. The number of amides is 3. The SMILES string of the molecule is O=C(O)c1ccc(COc2ccc(Br)cc2C=C2SC(=O)N(CC(=O)N3CCCCCC3)C2=O)cc1. The Labute approximate surface area is 221 Å². The summed E-state index contributed by atoms with van der Waals surface area (Å²) in [6, 6.07) is 11.7. The number of carboxylic acids is 1. The summed E-state index contributed by atoms with van der Waals surface area (Å²) < 4.78 is 6.71. The van der Waals surface area contributed by atoms with Gasteiger partial charge in [-0.2, -0.15) is 0 Å². The highest BCUT2D eigenvalue weighted by Gasteiger charge is 2.37. The predicted molar refractivity (Wildman–Crippen MR) is 140 cm³/mol. The predicted octanol–water partition coefficient (Wildman–Crippen LogP) is 5.17. The Morgan fingerprint density at radius 3 is 2.39 bits per heavy atom. The second-order valence-corrected chi connectivity index (χ2v) is 10.4. The van der Waals surface area contributed by atoms with Gasteiger partial charge in [0.1, 0.15) is 18.9 Å². The van der Waals surface area contributed by atoms with Crippen molar-refractivity contribution in [1.29, 1.82) is 0 Å². The fraction of sp³-hybridized carbons (Fsp3) is 0.308. The molecule has 36 heavy (non-hydrogen) atoms. The molecule has 188 valence electrons. The molecule has 3 amide bonds. The summed E-state index contributed by atoms with van der Waals surface area (Å²) in [5.41, 5.74) is 1.56. The lowest BCUT2D eigenvalue weighted by Crippen LogP contribution is -2.42. The van der Waals surface area contributed by atoms with E-state index in [1.54, 1.807) is 41.3 Å². The van der Waals surface area contributed by atoms with E-state index in [0.717, 1.165) is 52.4 Å². The molecule has 0 radical (unpaired) electrons. The zero-order valence-corrected chi connectivity index (χ0v) is 21.8. The molecule has 0 unspecified atom stereocenters. The third-order valence-electron chi connectivity index (χ3n) is 5.98. The fourth-order valence-electron chi connectivity index (χ4n) is 4.00. The average Bonchev–Trinajstić information content (AvgIpc) is 3.04. The van der Waals surface area contributed by atoms with Crippen LogP contribution in [0.4, 0.5) is 4.79 Å². The van der Waals surface area contributed by atoms with Crippen LogP contribution in [0, 0.1) is 0 Å². The molecule has 2 aromatic rings. The minimum atomic E-state index is -1.00. The summed E-state index contributed by atoms with van der Waals surface area (Å²) in [6.07, 6.45) is 5.62. The van der Waals surface area contributed by atoms with Gasteiger partial charge in [-0.3, -0.25) is 19.3 Å². The van der Waals surface area contributed by atoms with E-state index in [-0.39, 0.29) is 29.5 Å². The van der Waals surface area contributed by atoms with Crippen molar-refractivity contribution in [1.82, 2.24) is 9.80 Å². The summed E-state index contributed by atoms with van der Waals surface area (Å²) in [5.74, 6) is -1.21. The van der Waals surface area contributed by atoms with Gasteiger partial charge in [-0.1, -0.05) is 40.9 Å². The molecule has 0 bridgehead atoms. The molecular formula is C26H25BrN2O6S. The first-order valence-electron chi connectivity index (χ1n) is 11.6. The highest BCUT2D eigenvalue weighted by atomic mass is 79.9. The lowest BCUT2D eigenvalue weighted by molar-refractivity contribution is -0.135. The fourth-order valence-corrected chi connectivity index (χ4v) is 5.21. The van der Waals surface area contributed by atoms with Gasteiger partial charge in [-0.15, -0.1) is 0 Å². The normalized spacial score (nSPS) is 17.4. The molecule has 2 saturated heterocycles. The van der Waals surface area contributed by atoms with Gasteiger partial charge in [-0.05, 0) is 66.6 Å². The monoisotopic (exact) mass is 572 g/mol. The van der Waals surface area contributed by atoms with Crippen LogP contribution in [0.5, 0.6) is 5.75 Å². The maximum absolute atomic E-state index is 13.0. The number of benzene rings is 2. The molecular weight excluding hydrogens is 548 g/mol. The van der Waals surface area contributed by atoms with Crippen molar-refractivity contribution in [3.63, 3.8) is 0 Å². The highest BCUT2D eigenvalue weighted by Crippen LogP contribution is 2.35. The first-order chi connectivity index (χ1) is 17.3. The van der Waals surface area contributed by atoms with Crippen molar-refractivity contribution < 1.29 is 29.0 Å². The topological polar surface area (TPSA) is 104 Å². The second-order valence-electron chi connectivity index (χ2n) is 8.54. The number of halogens is 1. The van der Waals surface area contributed by atoms with Crippen LogP contribution < -0.4 is 4.74 Å². The number of nitrogens with zero attached hydrogens (tertiary/aromatic N) is 2. The minimum absolute atomic E-state index is 0.188. The molecule has 2 heterocycles. The van der Waals surface area contributed by atoms with E-state index in [4.69, 9.17) is 9.84 Å². The van der Waals surface area contributed by atoms with E-state index in [1.165, 1.54) is 12.1 Å². The minimum Gasteiger partial charge on any atom is -0.488 e. The largest absolute Gasteiger partial charge is 0.488 e. The summed E-state index contributed by atoms with van der Waals surface area (Å²) in [6.45, 7) is 1.25. The quantitative estimate of drug-likeness (QED) is 0.456. The number of likely N-dealkylation sites (tertiary alicyclic amines) is 1. The summed E-state index contributed by atoms with van der Waals surface area (Å²) in [4.78, 5) is 52.3. The lowest BCUT2D eigenvalue weighted by Gasteiger charge is -2.22. The Hall–Kier alpha value is -3.11. The Morgan fingerprint density at radius 2 is 1.72 bits per heavy atom. The Balaban J connectivity index is 1.47. The number of carbonyl (C=O) groups is 4. The van der Waals surface area contributed by atoms with E-state index in [2.05, 4.69) is 15.9 Å². The number of carboxylic acid groups (broad SMARTS) is 1. The van der Waals surface area contributed by atoms with E-state index in [0.29, 0.717) is 24.4 Å². The van der Waals surface area contributed by atoms with Gasteiger partial charge in [0.05, 0.1) is 10.5 Å². The van der Waals surface area contributed by atoms with Gasteiger partial charge in [-0.25, -0.2) is 4.79 Å². The van der Waals surface area contributed by atoms with Crippen molar-refractivity contribution in [2.75, 3.05) is 19.6 Å². The number of aromatic carboxylic acids is 1. The van der Waals surface area contributed by atoms with Gasteiger partial charge in [0.25, 0.3) is 11.1 Å². The smallest absolute Gasteiger partial charge is 0.335 e. The molecule has 4 rings (SSSR count). The van der Waals surface area contributed by atoms with Crippen LogP contribution in [0.2, 0.25) is 0 Å². The Morgan fingerprint density at radius 1 is 1.03 bits per heavy atom. The van der Waals surface area contributed by atoms with Gasteiger partial charge in [0, 0.05) is 23.1 Å². The molecule has 8 nitrogen and oxygen atoms in total.